The summed E-state index contributed by atoms with van der Waals surface area (Å²) < 4.78 is 0. The minimum absolute atomic E-state index is 0.984. The van der Waals surface area contributed by atoms with Crippen molar-refractivity contribution in [3.63, 3.8) is 0 Å². The number of aromatic nitrogens is 1. The van der Waals surface area contributed by atoms with Crippen LogP contribution in [0.15, 0.2) is 121 Å². The lowest BCUT2D eigenvalue weighted by molar-refractivity contribution is 1.32. The predicted molar refractivity (Wildman–Crippen MR) is 131 cm³/mol. The number of rotatable bonds is 4. The van der Waals surface area contributed by atoms with Crippen molar-refractivity contribution in [3.05, 3.63) is 127 Å². The van der Waals surface area contributed by atoms with E-state index in [1.54, 1.807) is 0 Å². The Hall–Kier alpha value is -3.97. The van der Waals surface area contributed by atoms with E-state index >= 15 is 0 Å². The highest BCUT2D eigenvalue weighted by Gasteiger charge is 2.09. The highest BCUT2D eigenvalue weighted by atomic mass is 14.7. The number of hydrogen-bond acceptors (Lipinski definition) is 1. The van der Waals surface area contributed by atoms with Crippen LogP contribution >= 0.6 is 0 Å². The summed E-state index contributed by atoms with van der Waals surface area (Å²) in [5, 5.41) is 0. The van der Waals surface area contributed by atoms with Crippen LogP contribution in [0, 0.1) is 6.92 Å². The maximum absolute atomic E-state index is 5.02. The third-order valence-corrected chi connectivity index (χ3v) is 5.53. The third kappa shape index (κ3) is 4.17. The van der Waals surface area contributed by atoms with Crippen molar-refractivity contribution in [1.29, 1.82) is 0 Å². The second kappa shape index (κ2) is 8.41. The lowest BCUT2D eigenvalue weighted by Crippen LogP contribution is -1.91. The maximum atomic E-state index is 5.02. The van der Waals surface area contributed by atoms with Crippen molar-refractivity contribution in [2.24, 2.45) is 0 Å². The van der Waals surface area contributed by atoms with Crippen molar-refractivity contribution in [3.8, 4) is 44.8 Å². The Bertz CT molecular complexity index is 1300. The van der Waals surface area contributed by atoms with E-state index in [1.165, 1.54) is 27.8 Å². The van der Waals surface area contributed by atoms with Gasteiger partial charge in [-0.2, -0.15) is 0 Å². The van der Waals surface area contributed by atoms with Gasteiger partial charge in [-0.15, -0.1) is 0 Å². The Morgan fingerprint density at radius 3 is 1.48 bits per heavy atom. The van der Waals surface area contributed by atoms with Crippen molar-refractivity contribution in [1.82, 2.24) is 4.98 Å². The molecule has 1 aromatic heterocycles. The molecular weight excluding hydrogens is 374 g/mol. The third-order valence-electron chi connectivity index (χ3n) is 5.53. The van der Waals surface area contributed by atoms with Gasteiger partial charge in [0, 0.05) is 11.1 Å². The van der Waals surface area contributed by atoms with Gasteiger partial charge in [0.1, 0.15) is 0 Å². The zero-order chi connectivity index (χ0) is 21.0. The van der Waals surface area contributed by atoms with Crippen molar-refractivity contribution >= 4 is 0 Å². The lowest BCUT2D eigenvalue weighted by Gasteiger charge is -2.11. The first kappa shape index (κ1) is 19.0. The summed E-state index contributed by atoms with van der Waals surface area (Å²) in [6, 6.07) is 42.6. The molecule has 0 saturated heterocycles. The van der Waals surface area contributed by atoms with Crippen LogP contribution in [0.2, 0.25) is 0 Å². The van der Waals surface area contributed by atoms with Gasteiger partial charge in [-0.25, -0.2) is 4.98 Å². The van der Waals surface area contributed by atoms with Gasteiger partial charge in [0.25, 0.3) is 0 Å². The Labute approximate surface area is 183 Å². The van der Waals surface area contributed by atoms with Crippen LogP contribution in [-0.4, -0.2) is 4.98 Å². The first-order valence-corrected chi connectivity index (χ1v) is 10.6. The molecule has 0 bridgehead atoms. The molecule has 1 heterocycles. The molecule has 0 amide bonds. The average Bonchev–Trinajstić information content (AvgIpc) is 2.85. The van der Waals surface area contributed by atoms with Gasteiger partial charge in [-0.1, -0.05) is 115 Å². The lowest BCUT2D eigenvalue weighted by atomic mass is 9.98. The van der Waals surface area contributed by atoms with E-state index in [0.29, 0.717) is 0 Å². The molecular formula is C30H23N. The Morgan fingerprint density at radius 1 is 0.387 bits per heavy atom. The molecule has 0 atom stereocenters. The van der Waals surface area contributed by atoms with Crippen LogP contribution in [0.25, 0.3) is 44.8 Å². The topological polar surface area (TPSA) is 12.9 Å². The molecule has 31 heavy (non-hydrogen) atoms. The van der Waals surface area contributed by atoms with Gasteiger partial charge in [0.15, 0.2) is 0 Å². The smallest absolute Gasteiger partial charge is 0.0715 e. The zero-order valence-electron chi connectivity index (χ0n) is 17.5. The normalized spacial score (nSPS) is 10.7. The van der Waals surface area contributed by atoms with Crippen LogP contribution in [0.5, 0.6) is 0 Å². The van der Waals surface area contributed by atoms with Gasteiger partial charge in [0.05, 0.1) is 11.4 Å². The fourth-order valence-corrected chi connectivity index (χ4v) is 3.89. The van der Waals surface area contributed by atoms with E-state index in [2.05, 4.69) is 116 Å². The fourth-order valence-electron chi connectivity index (χ4n) is 3.89. The predicted octanol–water partition coefficient (Wildman–Crippen LogP) is 8.06. The summed E-state index contributed by atoms with van der Waals surface area (Å²) in [6.07, 6.45) is 0. The molecule has 148 valence electrons. The second-order valence-electron chi connectivity index (χ2n) is 7.81. The Balaban J connectivity index is 1.61. The molecule has 0 N–H and O–H groups in total. The summed E-state index contributed by atoms with van der Waals surface area (Å²) >= 11 is 0. The summed E-state index contributed by atoms with van der Waals surface area (Å²) in [5.41, 5.74) is 10.3. The summed E-state index contributed by atoms with van der Waals surface area (Å²) in [5.74, 6) is 0. The van der Waals surface area contributed by atoms with E-state index < -0.39 is 0 Å². The molecule has 4 aromatic carbocycles. The molecule has 0 saturated carbocycles. The van der Waals surface area contributed by atoms with E-state index in [4.69, 9.17) is 4.98 Å². The SMILES string of the molecule is Cc1cccc(-c2cc(-c3ccccc3)nc(-c3ccc(-c4ccccc4)cc3)c2)c1. The van der Waals surface area contributed by atoms with Gasteiger partial charge in [-0.3, -0.25) is 0 Å². The van der Waals surface area contributed by atoms with E-state index in [9.17, 15) is 0 Å². The first-order valence-electron chi connectivity index (χ1n) is 10.6. The van der Waals surface area contributed by atoms with Crippen LogP contribution in [-0.2, 0) is 0 Å². The van der Waals surface area contributed by atoms with E-state index in [-0.39, 0.29) is 0 Å². The number of aryl methyl sites for hydroxylation is 1. The largest absolute Gasteiger partial charge is 0.248 e. The maximum Gasteiger partial charge on any atom is 0.0715 e. The van der Waals surface area contributed by atoms with Crippen LogP contribution < -0.4 is 0 Å². The molecule has 0 unspecified atom stereocenters. The van der Waals surface area contributed by atoms with Crippen LogP contribution in [0.1, 0.15) is 5.56 Å². The standard InChI is InChI=1S/C30H23N/c1-22-9-8-14-27(19-22)28-20-29(25-12-6-3-7-13-25)31-30(21-28)26-17-15-24(16-18-26)23-10-4-2-5-11-23/h2-21H,1H3. The number of pyridine rings is 1. The highest BCUT2D eigenvalue weighted by molar-refractivity contribution is 5.77. The summed E-state index contributed by atoms with van der Waals surface area (Å²) in [4.78, 5) is 5.02. The molecule has 0 radical (unpaired) electrons. The van der Waals surface area contributed by atoms with Gasteiger partial charge >= 0.3 is 0 Å². The molecule has 5 aromatic rings. The molecule has 0 aliphatic carbocycles. The molecule has 0 aliphatic heterocycles. The van der Waals surface area contributed by atoms with Crippen molar-refractivity contribution in [2.45, 2.75) is 6.92 Å². The molecule has 0 fully saturated rings. The summed E-state index contributed by atoms with van der Waals surface area (Å²) in [7, 11) is 0. The zero-order valence-corrected chi connectivity index (χ0v) is 17.5. The monoisotopic (exact) mass is 397 g/mol. The Kier molecular flexibility index (Phi) is 5.16. The molecule has 1 heteroatoms. The minimum atomic E-state index is 0.984. The van der Waals surface area contributed by atoms with Gasteiger partial charge in [-0.05, 0) is 41.3 Å². The second-order valence-corrected chi connectivity index (χ2v) is 7.81. The first-order chi connectivity index (χ1) is 15.3. The fraction of sp³-hybridized carbons (Fsp3) is 0.0333. The van der Waals surface area contributed by atoms with Gasteiger partial charge < -0.3 is 0 Å². The number of hydrogen-bond donors (Lipinski definition) is 0. The molecule has 1 nitrogen and oxygen atoms in total. The number of benzene rings is 4. The van der Waals surface area contributed by atoms with E-state index in [1.807, 2.05) is 12.1 Å². The number of nitrogens with zero attached hydrogens (tertiary/aromatic N) is 1. The quantitative estimate of drug-likeness (QED) is 0.299. The molecule has 0 aliphatic rings. The van der Waals surface area contributed by atoms with Crippen LogP contribution in [0.3, 0.4) is 0 Å². The van der Waals surface area contributed by atoms with Crippen LogP contribution in [0.4, 0.5) is 0 Å². The van der Waals surface area contributed by atoms with Crippen molar-refractivity contribution < 1.29 is 0 Å². The molecule has 5 rings (SSSR count). The van der Waals surface area contributed by atoms with Gasteiger partial charge in [0.2, 0.25) is 0 Å². The average molecular weight is 398 g/mol. The van der Waals surface area contributed by atoms with E-state index in [0.717, 1.165) is 22.5 Å². The van der Waals surface area contributed by atoms with Crippen molar-refractivity contribution in [2.75, 3.05) is 0 Å². The molecule has 0 spiro atoms. The Morgan fingerprint density at radius 2 is 0.871 bits per heavy atom. The minimum Gasteiger partial charge on any atom is -0.248 e. The highest BCUT2D eigenvalue weighted by Crippen LogP contribution is 2.31. The summed E-state index contributed by atoms with van der Waals surface area (Å²) in [6.45, 7) is 2.13.